The third-order valence-corrected chi connectivity index (χ3v) is 4.99. The highest BCUT2D eigenvalue weighted by atomic mass is 32.1. The van der Waals surface area contributed by atoms with E-state index >= 15 is 0 Å². The van der Waals surface area contributed by atoms with Crippen molar-refractivity contribution < 1.29 is 0 Å². The van der Waals surface area contributed by atoms with Crippen molar-refractivity contribution in [3.8, 4) is 0 Å². The summed E-state index contributed by atoms with van der Waals surface area (Å²) >= 11 is 1.82. The van der Waals surface area contributed by atoms with Crippen LogP contribution in [-0.4, -0.2) is 11.5 Å². The SMILES string of the molecule is Cc1cc(NCC(C)(C)c2cccs2)c2ccccc2n1. The Kier molecular flexibility index (Phi) is 3.68. The van der Waals surface area contributed by atoms with Crippen LogP contribution in [0.1, 0.15) is 24.4 Å². The van der Waals surface area contributed by atoms with Crippen LogP contribution in [0, 0.1) is 6.92 Å². The van der Waals surface area contributed by atoms with Crippen molar-refractivity contribution in [1.82, 2.24) is 4.98 Å². The summed E-state index contributed by atoms with van der Waals surface area (Å²) in [4.78, 5) is 6.00. The van der Waals surface area contributed by atoms with Crippen LogP contribution in [0.5, 0.6) is 0 Å². The van der Waals surface area contributed by atoms with E-state index in [1.165, 1.54) is 16.0 Å². The van der Waals surface area contributed by atoms with Gasteiger partial charge in [-0.2, -0.15) is 0 Å². The highest BCUT2D eigenvalue weighted by Crippen LogP contribution is 2.29. The van der Waals surface area contributed by atoms with E-state index in [0.717, 1.165) is 17.8 Å². The van der Waals surface area contributed by atoms with Crippen molar-refractivity contribution in [2.45, 2.75) is 26.2 Å². The third-order valence-electron chi connectivity index (χ3n) is 3.75. The van der Waals surface area contributed by atoms with Crippen molar-refractivity contribution >= 4 is 27.9 Å². The molecule has 0 aliphatic heterocycles. The zero-order chi connectivity index (χ0) is 14.9. The van der Waals surface area contributed by atoms with Gasteiger partial charge in [0.1, 0.15) is 0 Å². The minimum Gasteiger partial charge on any atom is -0.384 e. The molecule has 1 aromatic carbocycles. The maximum absolute atomic E-state index is 4.59. The first-order valence-electron chi connectivity index (χ1n) is 7.20. The molecule has 2 heterocycles. The third kappa shape index (κ3) is 2.93. The largest absolute Gasteiger partial charge is 0.384 e. The molecule has 1 N–H and O–H groups in total. The fraction of sp³-hybridized carbons (Fsp3) is 0.278. The summed E-state index contributed by atoms with van der Waals surface area (Å²) in [7, 11) is 0. The average Bonchev–Trinajstić information content (AvgIpc) is 2.99. The van der Waals surface area contributed by atoms with Crippen LogP contribution in [0.25, 0.3) is 10.9 Å². The lowest BCUT2D eigenvalue weighted by Crippen LogP contribution is -2.26. The van der Waals surface area contributed by atoms with E-state index < -0.39 is 0 Å². The lowest BCUT2D eigenvalue weighted by Gasteiger charge is -2.25. The number of fused-ring (bicyclic) bond motifs is 1. The molecule has 21 heavy (non-hydrogen) atoms. The molecular weight excluding hydrogens is 276 g/mol. The summed E-state index contributed by atoms with van der Waals surface area (Å²) in [6.45, 7) is 7.51. The smallest absolute Gasteiger partial charge is 0.0725 e. The van der Waals surface area contributed by atoms with E-state index in [1.54, 1.807) is 0 Å². The Morgan fingerprint density at radius 1 is 1.14 bits per heavy atom. The molecule has 0 saturated heterocycles. The Bertz CT molecular complexity index is 745. The summed E-state index contributed by atoms with van der Waals surface area (Å²) in [5.41, 5.74) is 3.38. The molecule has 0 amide bonds. The molecule has 0 unspecified atom stereocenters. The Balaban J connectivity index is 1.89. The highest BCUT2D eigenvalue weighted by molar-refractivity contribution is 7.10. The topological polar surface area (TPSA) is 24.9 Å². The maximum atomic E-state index is 4.59. The van der Waals surface area contributed by atoms with Crippen molar-refractivity contribution in [2.24, 2.45) is 0 Å². The summed E-state index contributed by atoms with van der Waals surface area (Å²) in [5, 5.41) is 6.95. The molecule has 2 aromatic heterocycles. The molecule has 0 radical (unpaired) electrons. The van der Waals surface area contributed by atoms with E-state index in [4.69, 9.17) is 0 Å². The number of para-hydroxylation sites is 1. The molecule has 108 valence electrons. The van der Waals surface area contributed by atoms with Crippen LogP contribution < -0.4 is 5.32 Å². The lowest BCUT2D eigenvalue weighted by molar-refractivity contribution is 0.569. The number of pyridine rings is 1. The van der Waals surface area contributed by atoms with Crippen LogP contribution >= 0.6 is 11.3 Å². The van der Waals surface area contributed by atoms with Gasteiger partial charge in [0.15, 0.2) is 0 Å². The Hall–Kier alpha value is -1.87. The number of anilines is 1. The molecule has 0 atom stereocenters. The van der Waals surface area contributed by atoms with Gasteiger partial charge in [-0.05, 0) is 30.5 Å². The molecule has 0 spiro atoms. The summed E-state index contributed by atoms with van der Waals surface area (Å²) in [5.74, 6) is 0. The van der Waals surface area contributed by atoms with E-state index in [1.807, 2.05) is 24.3 Å². The predicted octanol–water partition coefficient (Wildman–Crippen LogP) is 4.99. The number of nitrogens with one attached hydrogen (secondary N) is 1. The van der Waals surface area contributed by atoms with Crippen LogP contribution in [0.2, 0.25) is 0 Å². The predicted molar refractivity (Wildman–Crippen MR) is 92.3 cm³/mol. The Morgan fingerprint density at radius 3 is 2.71 bits per heavy atom. The van der Waals surface area contributed by atoms with Gasteiger partial charge in [-0.3, -0.25) is 4.98 Å². The number of hydrogen-bond acceptors (Lipinski definition) is 3. The number of thiophene rings is 1. The Labute approximate surface area is 129 Å². The number of aryl methyl sites for hydroxylation is 1. The summed E-state index contributed by atoms with van der Waals surface area (Å²) in [6.07, 6.45) is 0. The molecule has 3 rings (SSSR count). The van der Waals surface area contributed by atoms with Gasteiger partial charge in [-0.1, -0.05) is 38.1 Å². The van der Waals surface area contributed by atoms with Gasteiger partial charge in [0.05, 0.1) is 5.52 Å². The number of nitrogens with zero attached hydrogens (tertiary/aromatic N) is 1. The molecule has 0 bridgehead atoms. The van der Waals surface area contributed by atoms with Gasteiger partial charge < -0.3 is 5.32 Å². The van der Waals surface area contributed by atoms with E-state index in [9.17, 15) is 0 Å². The van der Waals surface area contributed by atoms with E-state index in [2.05, 4.69) is 65.9 Å². The van der Waals surface area contributed by atoms with Crippen molar-refractivity contribution in [3.63, 3.8) is 0 Å². The van der Waals surface area contributed by atoms with Crippen LogP contribution in [-0.2, 0) is 5.41 Å². The van der Waals surface area contributed by atoms with Gasteiger partial charge in [-0.25, -0.2) is 0 Å². The lowest BCUT2D eigenvalue weighted by atomic mass is 9.91. The molecule has 0 aliphatic rings. The standard InChI is InChI=1S/C18H20N2S/c1-13-11-16(14-7-4-5-8-15(14)20-13)19-12-18(2,3)17-9-6-10-21-17/h4-11H,12H2,1-3H3,(H,19,20). The van der Waals surface area contributed by atoms with Crippen molar-refractivity contribution in [2.75, 3.05) is 11.9 Å². The minimum atomic E-state index is 0.118. The van der Waals surface area contributed by atoms with E-state index in [-0.39, 0.29) is 5.41 Å². The van der Waals surface area contributed by atoms with Crippen molar-refractivity contribution in [3.05, 3.63) is 58.4 Å². The number of aromatic nitrogens is 1. The zero-order valence-electron chi connectivity index (χ0n) is 12.7. The fourth-order valence-electron chi connectivity index (χ4n) is 2.52. The van der Waals surface area contributed by atoms with Gasteiger partial charge in [0.25, 0.3) is 0 Å². The van der Waals surface area contributed by atoms with Crippen molar-refractivity contribution in [1.29, 1.82) is 0 Å². The summed E-state index contributed by atoms with van der Waals surface area (Å²) < 4.78 is 0. The maximum Gasteiger partial charge on any atom is 0.0725 e. The minimum absolute atomic E-state index is 0.118. The van der Waals surface area contributed by atoms with Crippen LogP contribution in [0.3, 0.4) is 0 Å². The second-order valence-electron chi connectivity index (χ2n) is 6.04. The molecule has 0 saturated carbocycles. The van der Waals surface area contributed by atoms with Gasteiger partial charge in [-0.15, -0.1) is 11.3 Å². The van der Waals surface area contributed by atoms with Gasteiger partial charge >= 0.3 is 0 Å². The number of hydrogen-bond donors (Lipinski definition) is 1. The molecule has 0 fully saturated rings. The van der Waals surface area contributed by atoms with Gasteiger partial charge in [0, 0.05) is 33.6 Å². The quantitative estimate of drug-likeness (QED) is 0.733. The first-order valence-corrected chi connectivity index (χ1v) is 8.08. The first-order chi connectivity index (χ1) is 10.1. The number of rotatable bonds is 4. The van der Waals surface area contributed by atoms with E-state index in [0.29, 0.717) is 0 Å². The first kappa shape index (κ1) is 14.1. The van der Waals surface area contributed by atoms with Crippen LogP contribution in [0.4, 0.5) is 5.69 Å². The fourth-order valence-corrected chi connectivity index (χ4v) is 3.37. The highest BCUT2D eigenvalue weighted by Gasteiger charge is 2.21. The second kappa shape index (κ2) is 5.49. The van der Waals surface area contributed by atoms with Crippen LogP contribution in [0.15, 0.2) is 47.8 Å². The second-order valence-corrected chi connectivity index (χ2v) is 6.99. The molecule has 3 heteroatoms. The normalized spacial score (nSPS) is 11.8. The zero-order valence-corrected chi connectivity index (χ0v) is 13.5. The molecule has 2 nitrogen and oxygen atoms in total. The molecule has 0 aliphatic carbocycles. The molecular formula is C18H20N2S. The number of benzene rings is 1. The Morgan fingerprint density at radius 2 is 1.95 bits per heavy atom. The van der Waals surface area contributed by atoms with Gasteiger partial charge in [0.2, 0.25) is 0 Å². The monoisotopic (exact) mass is 296 g/mol. The summed E-state index contributed by atoms with van der Waals surface area (Å²) in [6, 6.07) is 14.8. The average molecular weight is 296 g/mol. The molecule has 3 aromatic rings.